The summed E-state index contributed by atoms with van der Waals surface area (Å²) >= 11 is 0. The topological polar surface area (TPSA) is 109 Å². The number of pyridine rings is 1. The van der Waals surface area contributed by atoms with Crippen molar-refractivity contribution in [1.29, 1.82) is 0 Å². The molecule has 2 amide bonds. The smallest absolute Gasteiger partial charge is 0.354 e. The zero-order chi connectivity index (χ0) is 17.5. The van der Waals surface area contributed by atoms with Crippen LogP contribution in [-0.4, -0.2) is 65.6 Å². The number of hydrogen-bond acceptors (Lipinski definition) is 5. The molecule has 1 aromatic heterocycles. The van der Waals surface area contributed by atoms with Gasteiger partial charge >= 0.3 is 5.97 Å². The van der Waals surface area contributed by atoms with Gasteiger partial charge in [-0.15, -0.1) is 0 Å². The third-order valence-electron chi connectivity index (χ3n) is 3.90. The van der Waals surface area contributed by atoms with Crippen LogP contribution in [0.15, 0.2) is 18.2 Å². The SMILES string of the molecule is COCCC(=O)N1CCC(NC(=O)c2cccc(C(=O)O)n2)CC1. The fourth-order valence-electron chi connectivity index (χ4n) is 2.56. The fraction of sp³-hybridized carbons (Fsp3) is 0.500. The number of aromatic carboxylic acids is 1. The summed E-state index contributed by atoms with van der Waals surface area (Å²) in [6.07, 6.45) is 1.67. The number of rotatable bonds is 6. The first-order chi connectivity index (χ1) is 11.5. The zero-order valence-electron chi connectivity index (χ0n) is 13.5. The molecule has 0 radical (unpaired) electrons. The first-order valence-electron chi connectivity index (χ1n) is 7.79. The zero-order valence-corrected chi connectivity index (χ0v) is 13.5. The molecule has 1 fully saturated rings. The predicted octanol–water partition coefficient (Wildman–Crippen LogP) is 0.537. The van der Waals surface area contributed by atoms with Crippen molar-refractivity contribution in [3.63, 3.8) is 0 Å². The number of piperidine rings is 1. The highest BCUT2D eigenvalue weighted by atomic mass is 16.5. The van der Waals surface area contributed by atoms with Gasteiger partial charge in [-0.05, 0) is 25.0 Å². The average molecular weight is 335 g/mol. The second kappa shape index (κ2) is 8.39. The van der Waals surface area contributed by atoms with Gasteiger partial charge in [-0.25, -0.2) is 9.78 Å². The highest BCUT2D eigenvalue weighted by Gasteiger charge is 2.24. The Kier molecular flexibility index (Phi) is 6.25. The third kappa shape index (κ3) is 4.76. The van der Waals surface area contributed by atoms with E-state index in [1.165, 1.54) is 18.2 Å². The van der Waals surface area contributed by atoms with Crippen molar-refractivity contribution in [3.8, 4) is 0 Å². The first-order valence-corrected chi connectivity index (χ1v) is 7.79. The fourth-order valence-corrected chi connectivity index (χ4v) is 2.56. The van der Waals surface area contributed by atoms with Gasteiger partial charge in [-0.1, -0.05) is 6.07 Å². The number of likely N-dealkylation sites (tertiary alicyclic amines) is 1. The van der Waals surface area contributed by atoms with Gasteiger partial charge in [0.25, 0.3) is 5.91 Å². The summed E-state index contributed by atoms with van der Waals surface area (Å²) in [5, 5.41) is 11.8. The molecule has 8 heteroatoms. The highest BCUT2D eigenvalue weighted by molar-refractivity contribution is 5.94. The monoisotopic (exact) mass is 335 g/mol. The Morgan fingerprint density at radius 3 is 2.58 bits per heavy atom. The molecule has 130 valence electrons. The van der Waals surface area contributed by atoms with Gasteiger partial charge in [0.1, 0.15) is 11.4 Å². The Labute approximate surface area is 139 Å². The van der Waals surface area contributed by atoms with Crippen LogP contribution in [0.5, 0.6) is 0 Å². The second-order valence-electron chi connectivity index (χ2n) is 5.58. The molecule has 8 nitrogen and oxygen atoms in total. The van der Waals surface area contributed by atoms with E-state index < -0.39 is 11.9 Å². The molecule has 2 N–H and O–H groups in total. The van der Waals surface area contributed by atoms with Gasteiger partial charge in [0.15, 0.2) is 0 Å². The van der Waals surface area contributed by atoms with E-state index in [9.17, 15) is 14.4 Å². The van der Waals surface area contributed by atoms with Gasteiger partial charge in [-0.2, -0.15) is 0 Å². The van der Waals surface area contributed by atoms with Crippen molar-refractivity contribution >= 4 is 17.8 Å². The van der Waals surface area contributed by atoms with Crippen molar-refractivity contribution in [2.45, 2.75) is 25.3 Å². The lowest BCUT2D eigenvalue weighted by Crippen LogP contribution is -2.46. The number of carbonyl (C=O) groups excluding carboxylic acids is 2. The number of hydrogen-bond donors (Lipinski definition) is 2. The number of nitrogens with zero attached hydrogens (tertiary/aromatic N) is 2. The van der Waals surface area contributed by atoms with Crippen LogP contribution in [0.4, 0.5) is 0 Å². The van der Waals surface area contributed by atoms with Crippen molar-refractivity contribution < 1.29 is 24.2 Å². The Balaban J connectivity index is 1.85. The first kappa shape index (κ1) is 17.9. The van der Waals surface area contributed by atoms with Crippen molar-refractivity contribution in [2.75, 3.05) is 26.8 Å². The van der Waals surface area contributed by atoms with Crippen LogP contribution in [0.1, 0.15) is 40.2 Å². The summed E-state index contributed by atoms with van der Waals surface area (Å²) < 4.78 is 4.90. The lowest BCUT2D eigenvalue weighted by molar-refractivity contribution is -0.133. The largest absolute Gasteiger partial charge is 0.477 e. The van der Waals surface area contributed by atoms with Crippen molar-refractivity contribution in [3.05, 3.63) is 29.6 Å². The molecule has 1 aromatic rings. The summed E-state index contributed by atoms with van der Waals surface area (Å²) in [4.78, 5) is 40.6. The maximum atomic E-state index is 12.2. The number of carboxylic acid groups (broad SMARTS) is 1. The molecule has 0 bridgehead atoms. The lowest BCUT2D eigenvalue weighted by Gasteiger charge is -2.32. The van der Waals surface area contributed by atoms with Gasteiger partial charge in [0.2, 0.25) is 5.91 Å². The van der Waals surface area contributed by atoms with Gasteiger partial charge < -0.3 is 20.1 Å². The molecule has 0 aliphatic carbocycles. The number of aromatic nitrogens is 1. The maximum Gasteiger partial charge on any atom is 0.354 e. The molecule has 0 aromatic carbocycles. The molecule has 0 atom stereocenters. The van der Waals surface area contributed by atoms with E-state index in [0.717, 1.165) is 0 Å². The minimum atomic E-state index is -1.17. The van der Waals surface area contributed by atoms with E-state index in [1.54, 1.807) is 12.0 Å². The summed E-state index contributed by atoms with van der Waals surface area (Å²) in [5.74, 6) is -1.52. The molecular formula is C16H21N3O5. The number of nitrogens with one attached hydrogen (secondary N) is 1. The Morgan fingerprint density at radius 1 is 1.29 bits per heavy atom. The number of carboxylic acids is 1. The molecule has 2 heterocycles. The van der Waals surface area contributed by atoms with E-state index in [4.69, 9.17) is 9.84 Å². The molecule has 2 rings (SSSR count). The molecule has 1 aliphatic rings. The van der Waals surface area contributed by atoms with Crippen LogP contribution in [0.25, 0.3) is 0 Å². The summed E-state index contributed by atoms with van der Waals surface area (Å²) in [7, 11) is 1.56. The van der Waals surface area contributed by atoms with E-state index >= 15 is 0 Å². The van der Waals surface area contributed by atoms with Gasteiger partial charge in [0, 0.05) is 26.2 Å². The van der Waals surface area contributed by atoms with Crippen molar-refractivity contribution in [2.24, 2.45) is 0 Å². The van der Waals surface area contributed by atoms with Crippen LogP contribution in [-0.2, 0) is 9.53 Å². The van der Waals surface area contributed by atoms with Crippen LogP contribution < -0.4 is 5.32 Å². The van der Waals surface area contributed by atoms with Crippen LogP contribution >= 0.6 is 0 Å². The molecule has 1 aliphatic heterocycles. The van der Waals surface area contributed by atoms with Gasteiger partial charge in [0.05, 0.1) is 13.0 Å². The predicted molar refractivity (Wildman–Crippen MR) is 84.8 cm³/mol. The van der Waals surface area contributed by atoms with Crippen LogP contribution in [0, 0.1) is 0 Å². The number of ether oxygens (including phenoxy) is 1. The summed E-state index contributed by atoms with van der Waals surface area (Å²) in [6.45, 7) is 1.56. The molecular weight excluding hydrogens is 314 g/mol. The standard InChI is InChI=1S/C16H21N3O5/c1-24-10-7-14(20)19-8-5-11(6-9-19)17-15(21)12-3-2-4-13(18-12)16(22)23/h2-4,11H,5-10H2,1H3,(H,17,21)(H,22,23). The molecule has 0 spiro atoms. The molecule has 0 saturated carbocycles. The molecule has 24 heavy (non-hydrogen) atoms. The van der Waals surface area contributed by atoms with Crippen LogP contribution in [0.3, 0.4) is 0 Å². The summed E-state index contributed by atoms with van der Waals surface area (Å²) in [5.41, 5.74) is -0.0882. The quantitative estimate of drug-likeness (QED) is 0.785. The summed E-state index contributed by atoms with van der Waals surface area (Å²) in [6, 6.07) is 4.25. The third-order valence-corrected chi connectivity index (χ3v) is 3.90. The van der Waals surface area contributed by atoms with E-state index in [-0.39, 0.29) is 23.3 Å². The van der Waals surface area contributed by atoms with Gasteiger partial charge in [-0.3, -0.25) is 9.59 Å². The normalized spacial score (nSPS) is 15.1. The Morgan fingerprint density at radius 2 is 1.96 bits per heavy atom. The maximum absolute atomic E-state index is 12.2. The number of carbonyl (C=O) groups is 3. The molecule has 0 unspecified atom stereocenters. The number of amides is 2. The second-order valence-corrected chi connectivity index (χ2v) is 5.58. The number of methoxy groups -OCH3 is 1. The average Bonchev–Trinajstić information content (AvgIpc) is 2.60. The minimum absolute atomic E-state index is 0.0532. The lowest BCUT2D eigenvalue weighted by atomic mass is 10.0. The van der Waals surface area contributed by atoms with Crippen LogP contribution in [0.2, 0.25) is 0 Å². The van der Waals surface area contributed by atoms with E-state index in [0.29, 0.717) is 39.0 Å². The highest BCUT2D eigenvalue weighted by Crippen LogP contribution is 2.12. The molecule has 1 saturated heterocycles. The minimum Gasteiger partial charge on any atom is -0.477 e. The Hall–Kier alpha value is -2.48. The van der Waals surface area contributed by atoms with E-state index in [2.05, 4.69) is 10.3 Å². The Bertz CT molecular complexity index is 611. The van der Waals surface area contributed by atoms with E-state index in [1.807, 2.05) is 0 Å². The van der Waals surface area contributed by atoms with Crippen molar-refractivity contribution in [1.82, 2.24) is 15.2 Å².